The first-order chi connectivity index (χ1) is 9.52. The Morgan fingerprint density at radius 1 is 1.45 bits per heavy atom. The lowest BCUT2D eigenvalue weighted by atomic mass is 10.0. The summed E-state index contributed by atoms with van der Waals surface area (Å²) in [5, 5.41) is 4.14. The lowest BCUT2D eigenvalue weighted by Gasteiger charge is -2.16. The molecule has 0 aliphatic rings. The molecule has 0 aliphatic carbocycles. The molecule has 1 heterocycles. The molecular weight excluding hydrogens is 343 g/mol. The number of nitrogens with zero attached hydrogens (tertiary/aromatic N) is 2. The lowest BCUT2D eigenvalue weighted by Crippen LogP contribution is -2.30. The summed E-state index contributed by atoms with van der Waals surface area (Å²) in [5.74, 6) is 5.65. The molecule has 0 saturated heterocycles. The van der Waals surface area contributed by atoms with Gasteiger partial charge < -0.3 is 0 Å². The van der Waals surface area contributed by atoms with Gasteiger partial charge in [-0.05, 0) is 47.6 Å². The van der Waals surface area contributed by atoms with Crippen LogP contribution < -0.4 is 11.3 Å². The van der Waals surface area contributed by atoms with Crippen LogP contribution in [0.4, 0.5) is 4.39 Å². The molecule has 0 spiro atoms. The minimum atomic E-state index is -0.239. The summed E-state index contributed by atoms with van der Waals surface area (Å²) in [6.45, 7) is 4.10. The van der Waals surface area contributed by atoms with Gasteiger partial charge in [0.25, 0.3) is 0 Å². The topological polar surface area (TPSA) is 63.8 Å². The summed E-state index contributed by atoms with van der Waals surface area (Å²) in [6, 6.07) is 4.69. The second kappa shape index (κ2) is 6.71. The molecule has 0 fully saturated rings. The fourth-order valence-electron chi connectivity index (χ4n) is 1.99. The molecule has 2 aromatic rings. The summed E-state index contributed by atoms with van der Waals surface area (Å²) in [7, 11) is 0. The molecule has 1 aromatic heterocycles. The Kier molecular flexibility index (Phi) is 5.20. The number of hydrazine groups is 1. The zero-order valence-corrected chi connectivity index (χ0v) is 13.6. The van der Waals surface area contributed by atoms with Crippen molar-refractivity contribution < 1.29 is 4.39 Å². The highest BCUT2D eigenvalue weighted by Gasteiger charge is 2.21. The number of rotatable bonds is 5. The molecule has 7 heteroatoms. The maximum absolute atomic E-state index is 13.8. The van der Waals surface area contributed by atoms with Crippen LogP contribution in [0.1, 0.15) is 41.9 Å². The van der Waals surface area contributed by atoms with Gasteiger partial charge in [0.05, 0.1) is 16.6 Å². The van der Waals surface area contributed by atoms with Gasteiger partial charge >= 0.3 is 0 Å². The third kappa shape index (κ3) is 3.41. The summed E-state index contributed by atoms with van der Waals surface area (Å²) in [5.41, 5.74) is 4.26. The van der Waals surface area contributed by atoms with Crippen molar-refractivity contribution in [2.24, 2.45) is 5.84 Å². The summed E-state index contributed by atoms with van der Waals surface area (Å²) in [6.07, 6.45) is 0.450. The Balaban J connectivity index is 2.29. The second-order valence-electron chi connectivity index (χ2n) is 4.84. The van der Waals surface area contributed by atoms with E-state index in [0.717, 1.165) is 15.0 Å². The van der Waals surface area contributed by atoms with Gasteiger partial charge in [0.1, 0.15) is 5.82 Å². The van der Waals surface area contributed by atoms with Gasteiger partial charge in [-0.2, -0.15) is 0 Å². The highest BCUT2D eigenvalue weighted by molar-refractivity contribution is 9.10. The van der Waals surface area contributed by atoms with E-state index < -0.39 is 0 Å². The fourth-order valence-corrected chi connectivity index (χ4v) is 3.27. The molecule has 1 unspecified atom stereocenters. The largest absolute Gasteiger partial charge is 0.271 e. The number of benzene rings is 1. The van der Waals surface area contributed by atoms with Crippen molar-refractivity contribution in [1.82, 2.24) is 15.0 Å². The summed E-state index contributed by atoms with van der Waals surface area (Å²) < 4.78 is 18.7. The van der Waals surface area contributed by atoms with E-state index in [1.165, 1.54) is 17.6 Å². The van der Waals surface area contributed by atoms with E-state index in [1.807, 2.05) is 13.8 Å². The first kappa shape index (κ1) is 15.5. The van der Waals surface area contributed by atoms with E-state index in [1.54, 1.807) is 12.1 Å². The maximum atomic E-state index is 13.8. The first-order valence-corrected chi connectivity index (χ1v) is 7.81. The van der Waals surface area contributed by atoms with E-state index in [-0.39, 0.29) is 17.8 Å². The van der Waals surface area contributed by atoms with E-state index in [2.05, 4.69) is 30.9 Å². The molecule has 0 amide bonds. The van der Waals surface area contributed by atoms with Crippen molar-refractivity contribution in [3.8, 4) is 0 Å². The van der Waals surface area contributed by atoms with Crippen molar-refractivity contribution >= 4 is 27.5 Å². The summed E-state index contributed by atoms with van der Waals surface area (Å²) in [4.78, 5) is 0.960. The van der Waals surface area contributed by atoms with Gasteiger partial charge in [0, 0.05) is 4.47 Å². The zero-order chi connectivity index (χ0) is 14.7. The SMILES string of the molecule is CC(C)c1nnsc1C(Cc1cc(Br)ccc1F)NN. The van der Waals surface area contributed by atoms with Crippen LogP contribution in [0.15, 0.2) is 22.7 Å². The van der Waals surface area contributed by atoms with Crippen molar-refractivity contribution in [1.29, 1.82) is 0 Å². The van der Waals surface area contributed by atoms with Crippen LogP contribution in [0.5, 0.6) is 0 Å². The number of halogens is 2. The smallest absolute Gasteiger partial charge is 0.126 e. The van der Waals surface area contributed by atoms with E-state index in [9.17, 15) is 4.39 Å². The minimum Gasteiger partial charge on any atom is -0.271 e. The maximum Gasteiger partial charge on any atom is 0.126 e. The molecule has 1 aromatic carbocycles. The average Bonchev–Trinajstić information content (AvgIpc) is 2.89. The van der Waals surface area contributed by atoms with E-state index in [0.29, 0.717) is 12.0 Å². The Labute approximate surface area is 129 Å². The van der Waals surface area contributed by atoms with Gasteiger partial charge in [-0.1, -0.05) is 34.3 Å². The first-order valence-electron chi connectivity index (χ1n) is 6.25. The van der Waals surface area contributed by atoms with Gasteiger partial charge in [-0.25, -0.2) is 4.39 Å². The van der Waals surface area contributed by atoms with Crippen LogP contribution in [0.3, 0.4) is 0 Å². The highest BCUT2D eigenvalue weighted by Crippen LogP contribution is 2.29. The quantitative estimate of drug-likeness (QED) is 0.635. The second-order valence-corrected chi connectivity index (χ2v) is 6.54. The molecule has 2 rings (SSSR count). The van der Waals surface area contributed by atoms with Crippen LogP contribution in [0.25, 0.3) is 0 Å². The molecule has 0 saturated carbocycles. The predicted octanol–water partition coefficient (Wildman–Crippen LogP) is 3.31. The van der Waals surface area contributed by atoms with E-state index >= 15 is 0 Å². The van der Waals surface area contributed by atoms with Crippen LogP contribution >= 0.6 is 27.5 Å². The van der Waals surface area contributed by atoms with Crippen LogP contribution in [-0.2, 0) is 6.42 Å². The number of aromatic nitrogens is 2. The van der Waals surface area contributed by atoms with Crippen molar-refractivity contribution in [3.63, 3.8) is 0 Å². The zero-order valence-electron chi connectivity index (χ0n) is 11.2. The monoisotopic (exact) mass is 358 g/mol. The summed E-state index contributed by atoms with van der Waals surface area (Å²) >= 11 is 4.66. The average molecular weight is 359 g/mol. The Hall–Kier alpha value is -0.890. The van der Waals surface area contributed by atoms with Crippen molar-refractivity contribution in [2.75, 3.05) is 0 Å². The molecule has 0 aliphatic heterocycles. The molecule has 4 nitrogen and oxygen atoms in total. The molecule has 1 atom stereocenters. The number of hydrogen-bond donors (Lipinski definition) is 2. The Bertz CT molecular complexity index is 588. The van der Waals surface area contributed by atoms with Crippen LogP contribution in [-0.4, -0.2) is 9.59 Å². The van der Waals surface area contributed by atoms with Gasteiger partial charge in [0.15, 0.2) is 0 Å². The molecule has 108 valence electrons. The molecule has 3 N–H and O–H groups in total. The normalized spacial score (nSPS) is 12.9. The minimum absolute atomic E-state index is 0.198. The molecule has 0 bridgehead atoms. The Morgan fingerprint density at radius 2 is 2.20 bits per heavy atom. The highest BCUT2D eigenvalue weighted by atomic mass is 79.9. The molecular formula is C13H16BrFN4S. The Morgan fingerprint density at radius 3 is 2.85 bits per heavy atom. The van der Waals surface area contributed by atoms with Crippen LogP contribution in [0.2, 0.25) is 0 Å². The van der Waals surface area contributed by atoms with Gasteiger partial charge in [0.2, 0.25) is 0 Å². The van der Waals surface area contributed by atoms with Gasteiger partial charge in [-0.15, -0.1) is 5.10 Å². The molecule has 20 heavy (non-hydrogen) atoms. The predicted molar refractivity (Wildman–Crippen MR) is 81.9 cm³/mol. The molecule has 0 radical (unpaired) electrons. The number of nitrogens with two attached hydrogens (primary N) is 1. The van der Waals surface area contributed by atoms with Crippen molar-refractivity contribution in [2.45, 2.75) is 32.2 Å². The van der Waals surface area contributed by atoms with Gasteiger partial charge in [-0.3, -0.25) is 11.3 Å². The van der Waals surface area contributed by atoms with Crippen LogP contribution in [0, 0.1) is 5.82 Å². The third-order valence-corrected chi connectivity index (χ3v) is 4.38. The number of hydrogen-bond acceptors (Lipinski definition) is 5. The fraction of sp³-hybridized carbons (Fsp3) is 0.385. The lowest BCUT2D eigenvalue weighted by molar-refractivity contribution is 0.529. The van der Waals surface area contributed by atoms with E-state index in [4.69, 9.17) is 5.84 Å². The third-order valence-electron chi connectivity index (χ3n) is 3.04. The standard InChI is InChI=1S/C13H16BrFN4S/c1-7(2)12-13(20-19-18-12)11(17-16)6-8-5-9(14)3-4-10(8)15/h3-5,7,11,17H,6,16H2,1-2H3. The number of nitrogens with one attached hydrogen (secondary N) is 1. The van der Waals surface area contributed by atoms with Crippen molar-refractivity contribution in [3.05, 3.63) is 44.6 Å².